The van der Waals surface area contributed by atoms with Crippen LogP contribution in [0.15, 0.2) is 24.3 Å². The molecule has 0 aromatic carbocycles. The van der Waals surface area contributed by atoms with Crippen LogP contribution in [0.4, 0.5) is 12.9 Å². The van der Waals surface area contributed by atoms with Crippen LogP contribution in [0.25, 0.3) is 0 Å². The Kier molecular flexibility index (Phi) is 56.6. The summed E-state index contributed by atoms with van der Waals surface area (Å²) in [5.41, 5.74) is 0. The van der Waals surface area contributed by atoms with E-state index in [0.717, 1.165) is 0 Å². The monoisotopic (exact) mass is 470 g/mol. The summed E-state index contributed by atoms with van der Waals surface area (Å²) in [4.78, 5) is 0. The third-order valence-electron chi connectivity index (χ3n) is 1.33. The van der Waals surface area contributed by atoms with E-state index in [4.69, 9.17) is 10.5 Å². The van der Waals surface area contributed by atoms with Crippen LogP contribution in [0.2, 0.25) is 0 Å². The zero-order valence-corrected chi connectivity index (χ0v) is 13.8. The van der Waals surface area contributed by atoms with E-state index in [-0.39, 0.29) is 24.8 Å². The van der Waals surface area contributed by atoms with Gasteiger partial charge < -0.3 is 4.70 Å². The van der Waals surface area contributed by atoms with Gasteiger partial charge in [-0.3, -0.25) is 12.9 Å². The van der Waals surface area contributed by atoms with Gasteiger partial charge in [0, 0.05) is 34.0 Å². The van der Waals surface area contributed by atoms with Crippen LogP contribution in [-0.2, 0) is 20.1 Å². The predicted molar refractivity (Wildman–Crippen MR) is 68.4 cm³/mol. The van der Waals surface area contributed by atoms with Crippen molar-refractivity contribution < 1.29 is 37.8 Å². The number of hydrogen-bond acceptors (Lipinski definition) is 2. The molecule has 0 spiro atoms. The van der Waals surface area contributed by atoms with Crippen molar-refractivity contribution in [1.82, 2.24) is 0 Å². The van der Waals surface area contributed by atoms with Gasteiger partial charge in [-0.1, -0.05) is 24.3 Å². The number of nitrogens with zero attached hydrogens (tertiary/aromatic N) is 2. The van der Waals surface area contributed by atoms with Crippen LogP contribution in [0.3, 0.4) is 0 Å². The van der Waals surface area contributed by atoms with Crippen molar-refractivity contribution >= 4 is 7.54 Å². The summed E-state index contributed by atoms with van der Waals surface area (Å²) in [6.45, 7) is 2.86. The fourth-order valence-electron chi connectivity index (χ4n) is 0.856. The van der Waals surface area contributed by atoms with Crippen LogP contribution in [-0.4, -0.2) is 7.54 Å². The molecule has 0 saturated carbocycles. The second-order valence-electron chi connectivity index (χ2n) is 2.79. The molecule has 2 nitrogen and oxygen atoms in total. The van der Waals surface area contributed by atoms with Gasteiger partial charge in [-0.15, -0.1) is 0 Å². The van der Waals surface area contributed by atoms with Crippen LogP contribution >= 0.6 is 0 Å². The molecule has 1 aliphatic rings. The molecule has 0 unspecified atom stereocenters. The third-order valence-corrected chi connectivity index (χ3v) is 1.33. The Morgan fingerprint density at radius 1 is 0.800 bits per heavy atom. The van der Waals surface area contributed by atoms with E-state index >= 15 is 0 Å². The quantitative estimate of drug-likeness (QED) is 0.308. The molecule has 117 valence electrons. The Balaban J connectivity index is -0.0000000545. The van der Waals surface area contributed by atoms with Crippen molar-refractivity contribution in [2.24, 2.45) is 0 Å². The number of hydrogen-bond donors (Lipinski definition) is 0. The Bertz CT molecular complexity index is 245. The fraction of sp³-hybridized carbons (Fsp3) is 0.500. The molecule has 0 heterocycles. The van der Waals surface area contributed by atoms with Gasteiger partial charge in [0.2, 0.25) is 0 Å². The van der Waals surface area contributed by atoms with Crippen molar-refractivity contribution in [3.63, 3.8) is 0 Å². The molecule has 20 heavy (non-hydrogen) atoms. The Hall–Kier alpha value is -1.11. The molecule has 0 aromatic heterocycles. The van der Waals surface area contributed by atoms with Crippen molar-refractivity contribution in [1.29, 1.82) is 10.5 Å². The minimum Gasteiger partial charge on any atom is -1.00 e. The molecule has 1 aliphatic carbocycles. The molecule has 0 fully saturated rings. The van der Waals surface area contributed by atoms with E-state index in [2.05, 4.69) is 24.3 Å². The number of nitriles is 2. The van der Waals surface area contributed by atoms with Gasteiger partial charge in [0.05, 0.1) is 12.1 Å². The topological polar surface area (TPSA) is 47.6 Å². The first-order valence-electron chi connectivity index (χ1n) is 5.40. The first-order valence-corrected chi connectivity index (χ1v) is 5.40. The average molecular weight is 469 g/mol. The van der Waals surface area contributed by atoms with E-state index < -0.39 is 7.54 Å². The Labute approximate surface area is 132 Å². The molecular weight excluding hydrogens is 451 g/mol. The predicted octanol–water partition coefficient (Wildman–Crippen LogP) is 1.61. The fourth-order valence-corrected chi connectivity index (χ4v) is 0.856. The minimum absolute atomic E-state index is 0. The standard InChI is InChI=1S/C8H12.2C2H3N.BF3.FH.Ir/c1-2-4-6-8-7-5-3-1;2*1-2-3;2-1(3)4;;/h1-2,7-8H,3-6H2;2*1H3;;1H;/p-1/b2-1-,8-7-;;;;;. The van der Waals surface area contributed by atoms with E-state index in [1.165, 1.54) is 39.5 Å². The molecule has 0 N–H and O–H groups in total. The molecule has 1 rings (SSSR count). The van der Waals surface area contributed by atoms with Crippen LogP contribution in [0, 0.1) is 22.7 Å². The van der Waals surface area contributed by atoms with E-state index in [1.54, 1.807) is 12.1 Å². The van der Waals surface area contributed by atoms with E-state index in [0.29, 0.717) is 0 Å². The van der Waals surface area contributed by atoms with Crippen LogP contribution < -0.4 is 4.70 Å². The number of allylic oxidation sites excluding steroid dienone is 4. The summed E-state index contributed by atoms with van der Waals surface area (Å²) in [6, 6.07) is 3.50. The number of halogens is 4. The second-order valence-corrected chi connectivity index (χ2v) is 2.79. The Morgan fingerprint density at radius 3 is 1.00 bits per heavy atom. The molecule has 0 bridgehead atoms. The zero-order chi connectivity index (χ0) is 14.6. The largest absolute Gasteiger partial charge is 1.00 e. The number of rotatable bonds is 0. The maximum atomic E-state index is 9.67. The van der Waals surface area contributed by atoms with E-state index in [9.17, 15) is 12.9 Å². The summed E-state index contributed by atoms with van der Waals surface area (Å²) in [5.74, 6) is 0. The van der Waals surface area contributed by atoms with Gasteiger partial charge in [0.15, 0.2) is 0 Å². The molecule has 0 aromatic rings. The smallest absolute Gasteiger partial charge is 0.762 e. The van der Waals surface area contributed by atoms with E-state index in [1.807, 2.05) is 0 Å². The summed E-state index contributed by atoms with van der Waals surface area (Å²) in [7, 11) is -3.67. The van der Waals surface area contributed by atoms with Crippen LogP contribution in [0.5, 0.6) is 0 Å². The van der Waals surface area contributed by atoms with Gasteiger partial charge in [0.25, 0.3) is 0 Å². The first kappa shape index (κ1) is 31.3. The molecule has 0 saturated heterocycles. The van der Waals surface area contributed by atoms with Gasteiger partial charge in [-0.2, -0.15) is 10.5 Å². The van der Waals surface area contributed by atoms with Gasteiger partial charge in [0.1, 0.15) is 0 Å². The SMILES string of the molecule is C1=C\CC/C=C\CC/1.CC#N.CC#N.FB(F)F.[F-].[Ir]. The maximum Gasteiger partial charge on any atom is 0.762 e. The van der Waals surface area contributed by atoms with Gasteiger partial charge >= 0.3 is 7.54 Å². The molecule has 1 radical (unpaired) electrons. The van der Waals surface area contributed by atoms with Crippen molar-refractivity contribution in [3.05, 3.63) is 24.3 Å². The van der Waals surface area contributed by atoms with Crippen molar-refractivity contribution in [3.8, 4) is 12.1 Å². The average Bonchev–Trinajstić information content (AvgIpc) is 2.17. The third kappa shape index (κ3) is 89.8. The van der Waals surface area contributed by atoms with Crippen molar-refractivity contribution in [2.45, 2.75) is 39.5 Å². The maximum absolute atomic E-state index is 9.67. The summed E-state index contributed by atoms with van der Waals surface area (Å²) in [6.07, 6.45) is 14.0. The van der Waals surface area contributed by atoms with Gasteiger partial charge in [-0.25, -0.2) is 0 Å². The minimum atomic E-state index is -3.67. The second kappa shape index (κ2) is 36.1. The van der Waals surface area contributed by atoms with Crippen LogP contribution in [0.1, 0.15) is 39.5 Å². The first-order chi connectivity index (χ1) is 8.56. The summed E-state index contributed by atoms with van der Waals surface area (Å²) >= 11 is 0. The molecule has 0 atom stereocenters. The zero-order valence-electron chi connectivity index (χ0n) is 11.5. The Morgan fingerprint density at radius 2 is 0.900 bits per heavy atom. The molecule has 8 heteroatoms. The molecule has 0 amide bonds. The summed E-state index contributed by atoms with van der Waals surface area (Å²) in [5, 5.41) is 14.6. The summed E-state index contributed by atoms with van der Waals surface area (Å²) < 4.78 is 29.0. The molecule has 0 aliphatic heterocycles. The molecular formula is C12H18BF4IrN2-. The normalized spacial score (nSPS) is 13.3. The van der Waals surface area contributed by atoms with Gasteiger partial charge in [-0.05, 0) is 25.7 Å². The van der Waals surface area contributed by atoms with Crippen molar-refractivity contribution in [2.75, 3.05) is 0 Å².